The molecule has 0 bridgehead atoms. The largest absolute Gasteiger partial charge is 0.490 e. The van der Waals surface area contributed by atoms with Crippen LogP contribution in [0.5, 0.6) is 11.5 Å². The molecule has 13 heteroatoms. The number of hydrogen-bond acceptors (Lipinski definition) is 6. The normalized spacial score (nSPS) is 10.7. The lowest BCUT2D eigenvalue weighted by molar-refractivity contribution is -0.136. The van der Waals surface area contributed by atoms with Gasteiger partial charge in [-0.3, -0.25) is 14.4 Å². The van der Waals surface area contributed by atoms with Gasteiger partial charge in [-0.15, -0.1) is 0 Å². The summed E-state index contributed by atoms with van der Waals surface area (Å²) in [5.74, 6) is -1.62. The molecule has 39 heavy (non-hydrogen) atoms. The van der Waals surface area contributed by atoms with Crippen molar-refractivity contribution in [3.63, 3.8) is 0 Å². The average molecular weight is 704 g/mol. The highest BCUT2D eigenvalue weighted by atomic mass is 127. The van der Waals surface area contributed by atoms with Crippen molar-refractivity contribution in [2.45, 2.75) is 13.8 Å². The van der Waals surface area contributed by atoms with E-state index in [9.17, 15) is 14.4 Å². The fourth-order valence-corrected chi connectivity index (χ4v) is 4.38. The molecular weight excluding hydrogens is 682 g/mol. The third kappa shape index (κ3) is 8.72. The zero-order valence-corrected chi connectivity index (χ0v) is 25.0. The highest BCUT2D eigenvalue weighted by Gasteiger charge is 2.17. The van der Waals surface area contributed by atoms with Gasteiger partial charge in [0.2, 0.25) is 0 Å². The van der Waals surface area contributed by atoms with Crippen LogP contribution in [0.4, 0.5) is 11.4 Å². The SMILES string of the molecule is CCOc1cc(/C=N\NC(=O)C(=O)Nc2cccc(Cl)c2Cl)cc(I)c1OCC(=O)Nc1ccc(C)c(Cl)c1. The second-order valence-electron chi connectivity index (χ2n) is 7.82. The highest BCUT2D eigenvalue weighted by molar-refractivity contribution is 14.1. The summed E-state index contributed by atoms with van der Waals surface area (Å²) >= 11 is 20.1. The number of rotatable bonds is 9. The number of benzene rings is 3. The molecule has 0 radical (unpaired) electrons. The molecule has 0 saturated carbocycles. The molecule has 3 aromatic carbocycles. The van der Waals surface area contributed by atoms with Crippen LogP contribution in [-0.4, -0.2) is 37.1 Å². The standard InChI is InChI=1S/C26H22Cl3IN4O5/c1-3-38-21-10-15(12-31-34-26(37)25(36)33-20-6-4-5-17(27)23(20)29)9-19(30)24(21)39-13-22(35)32-16-8-7-14(2)18(28)11-16/h4-12H,3,13H2,1-2H3,(H,32,35)(H,33,36)(H,34,37)/b31-12-. The maximum absolute atomic E-state index is 12.4. The van der Waals surface area contributed by atoms with Crippen LogP contribution in [0.1, 0.15) is 18.1 Å². The Hall–Kier alpha value is -3.06. The Labute approximate surface area is 253 Å². The number of halogens is 4. The van der Waals surface area contributed by atoms with E-state index in [1.54, 1.807) is 49.4 Å². The minimum Gasteiger partial charge on any atom is -0.490 e. The topological polar surface area (TPSA) is 118 Å². The molecule has 9 nitrogen and oxygen atoms in total. The van der Waals surface area contributed by atoms with Gasteiger partial charge in [0.25, 0.3) is 5.91 Å². The minimum atomic E-state index is -1.01. The van der Waals surface area contributed by atoms with Crippen molar-refractivity contribution >= 4 is 92.7 Å². The van der Waals surface area contributed by atoms with Gasteiger partial charge < -0.3 is 20.1 Å². The van der Waals surface area contributed by atoms with Crippen LogP contribution in [0.15, 0.2) is 53.6 Å². The van der Waals surface area contributed by atoms with Gasteiger partial charge >= 0.3 is 11.8 Å². The second kappa shape index (κ2) is 14.4. The van der Waals surface area contributed by atoms with E-state index in [1.165, 1.54) is 12.3 Å². The first-order valence-electron chi connectivity index (χ1n) is 11.3. The number of carbonyl (C=O) groups excluding carboxylic acids is 3. The lowest BCUT2D eigenvalue weighted by atomic mass is 10.2. The van der Waals surface area contributed by atoms with Gasteiger partial charge in [-0.1, -0.05) is 46.9 Å². The molecule has 3 aromatic rings. The summed E-state index contributed by atoms with van der Waals surface area (Å²) in [6.07, 6.45) is 1.33. The van der Waals surface area contributed by atoms with E-state index in [0.717, 1.165) is 5.56 Å². The quantitative estimate of drug-likeness (QED) is 0.108. The number of carbonyl (C=O) groups is 3. The van der Waals surface area contributed by atoms with Crippen LogP contribution in [0, 0.1) is 10.5 Å². The van der Waals surface area contributed by atoms with E-state index in [-0.39, 0.29) is 28.2 Å². The molecule has 0 atom stereocenters. The van der Waals surface area contributed by atoms with Gasteiger partial charge in [-0.2, -0.15) is 5.10 Å². The molecule has 0 aromatic heterocycles. The Morgan fingerprint density at radius 2 is 1.74 bits per heavy atom. The van der Waals surface area contributed by atoms with Crippen molar-refractivity contribution in [2.24, 2.45) is 5.10 Å². The summed E-state index contributed by atoms with van der Waals surface area (Å²) in [4.78, 5) is 36.7. The Morgan fingerprint density at radius 1 is 0.974 bits per heavy atom. The maximum atomic E-state index is 12.4. The lowest BCUT2D eigenvalue weighted by Gasteiger charge is -2.15. The number of hydrazone groups is 1. The number of nitrogens with zero attached hydrogens (tertiary/aromatic N) is 1. The first-order chi connectivity index (χ1) is 18.6. The zero-order chi connectivity index (χ0) is 28.5. The van der Waals surface area contributed by atoms with Gasteiger partial charge in [-0.25, -0.2) is 5.43 Å². The van der Waals surface area contributed by atoms with Crippen LogP contribution < -0.4 is 25.5 Å². The molecule has 204 valence electrons. The van der Waals surface area contributed by atoms with Crippen LogP contribution >= 0.6 is 57.4 Å². The van der Waals surface area contributed by atoms with E-state index in [2.05, 4.69) is 21.2 Å². The smallest absolute Gasteiger partial charge is 0.329 e. The number of anilines is 2. The fraction of sp³-hybridized carbons (Fsp3) is 0.154. The average Bonchev–Trinajstić information content (AvgIpc) is 2.88. The minimum absolute atomic E-state index is 0.112. The van der Waals surface area contributed by atoms with Crippen molar-refractivity contribution < 1.29 is 23.9 Å². The van der Waals surface area contributed by atoms with Gasteiger partial charge in [0.1, 0.15) is 0 Å². The molecule has 3 rings (SSSR count). The third-order valence-corrected chi connectivity index (χ3v) is 6.95. The first-order valence-corrected chi connectivity index (χ1v) is 13.5. The molecule has 0 heterocycles. The van der Waals surface area contributed by atoms with E-state index < -0.39 is 11.8 Å². The van der Waals surface area contributed by atoms with E-state index in [0.29, 0.717) is 37.9 Å². The molecule has 0 spiro atoms. The maximum Gasteiger partial charge on any atom is 0.329 e. The first kappa shape index (κ1) is 30.5. The summed E-state index contributed by atoms with van der Waals surface area (Å²) < 4.78 is 12.1. The number of hydrogen-bond donors (Lipinski definition) is 3. The number of amides is 3. The Kier molecular flexibility index (Phi) is 11.2. The monoisotopic (exact) mass is 702 g/mol. The van der Waals surface area contributed by atoms with Crippen molar-refractivity contribution in [1.82, 2.24) is 5.43 Å². The van der Waals surface area contributed by atoms with Gasteiger partial charge in [0.05, 0.1) is 32.1 Å². The Bertz CT molecular complexity index is 1430. The summed E-state index contributed by atoms with van der Waals surface area (Å²) in [5, 5.41) is 9.82. The van der Waals surface area contributed by atoms with Gasteiger partial charge in [0, 0.05) is 10.7 Å². The Morgan fingerprint density at radius 3 is 2.46 bits per heavy atom. The van der Waals surface area contributed by atoms with Crippen LogP contribution in [0.2, 0.25) is 15.1 Å². The summed E-state index contributed by atoms with van der Waals surface area (Å²) in [6, 6.07) is 13.2. The molecule has 3 N–H and O–H groups in total. The predicted molar refractivity (Wildman–Crippen MR) is 161 cm³/mol. The van der Waals surface area contributed by atoms with Crippen LogP contribution in [0.3, 0.4) is 0 Å². The summed E-state index contributed by atoms with van der Waals surface area (Å²) in [5.41, 5.74) is 4.34. The van der Waals surface area contributed by atoms with E-state index in [4.69, 9.17) is 44.3 Å². The number of ether oxygens (including phenoxy) is 2. The number of aryl methyl sites for hydroxylation is 1. The molecule has 0 aliphatic carbocycles. The van der Waals surface area contributed by atoms with Gasteiger partial charge in [-0.05, 0) is 84.0 Å². The Balaban J connectivity index is 1.62. The van der Waals surface area contributed by atoms with Gasteiger partial charge in [0.15, 0.2) is 18.1 Å². The fourth-order valence-electron chi connectivity index (χ4n) is 3.07. The molecule has 3 amide bonds. The van der Waals surface area contributed by atoms with E-state index in [1.807, 2.05) is 29.5 Å². The predicted octanol–water partition coefficient (Wildman–Crippen LogP) is 6.06. The van der Waals surface area contributed by atoms with Crippen molar-refractivity contribution in [3.05, 3.63) is 78.3 Å². The molecule has 0 fully saturated rings. The van der Waals surface area contributed by atoms with Crippen LogP contribution in [-0.2, 0) is 14.4 Å². The molecular formula is C26H22Cl3IN4O5. The van der Waals surface area contributed by atoms with Crippen molar-refractivity contribution in [1.29, 1.82) is 0 Å². The molecule has 0 saturated heterocycles. The summed E-state index contributed by atoms with van der Waals surface area (Å²) in [7, 11) is 0. The molecule has 0 aliphatic rings. The summed E-state index contributed by atoms with van der Waals surface area (Å²) in [6.45, 7) is 3.74. The van der Waals surface area contributed by atoms with Crippen molar-refractivity contribution in [2.75, 3.05) is 23.8 Å². The van der Waals surface area contributed by atoms with E-state index >= 15 is 0 Å². The molecule has 0 unspecified atom stereocenters. The number of nitrogens with one attached hydrogen (secondary N) is 3. The lowest BCUT2D eigenvalue weighted by Crippen LogP contribution is -2.32. The second-order valence-corrected chi connectivity index (χ2v) is 10.2. The molecule has 0 aliphatic heterocycles. The van der Waals surface area contributed by atoms with Crippen LogP contribution in [0.25, 0.3) is 0 Å². The third-order valence-electron chi connectivity index (χ3n) is 4.92. The highest BCUT2D eigenvalue weighted by Crippen LogP contribution is 2.34. The van der Waals surface area contributed by atoms with Crippen molar-refractivity contribution in [3.8, 4) is 11.5 Å². The zero-order valence-electron chi connectivity index (χ0n) is 20.6.